The largest absolute Gasteiger partial charge is 0.389 e. The van der Waals surface area contributed by atoms with Gasteiger partial charge in [0.25, 0.3) is 0 Å². The molecule has 0 saturated heterocycles. The molecule has 0 rings (SSSR count). The van der Waals surface area contributed by atoms with Crippen molar-refractivity contribution in [1.29, 1.82) is 0 Å². The van der Waals surface area contributed by atoms with Gasteiger partial charge in [-0.1, -0.05) is 53.3 Å². The monoisotopic (exact) mass is 664 g/mol. The number of hydrogen-bond donors (Lipinski definition) is 8. The molecule has 0 aliphatic carbocycles. The van der Waals surface area contributed by atoms with Gasteiger partial charge in [0.15, 0.2) is 0 Å². The minimum Gasteiger partial charge on any atom is -0.389 e. The van der Waals surface area contributed by atoms with Crippen molar-refractivity contribution in [2.45, 2.75) is 59.7 Å². The lowest BCUT2D eigenvalue weighted by atomic mass is 10.3. The molecule has 266 valence electrons. The van der Waals surface area contributed by atoms with Crippen LogP contribution in [0.3, 0.4) is 0 Å². The smallest absolute Gasteiger partial charge is 0.246 e. The van der Waals surface area contributed by atoms with Gasteiger partial charge in [-0.25, -0.2) is 0 Å². The Hall–Kier alpha value is -4.82. The second-order valence-electron chi connectivity index (χ2n) is 9.72. The van der Waals surface area contributed by atoms with E-state index in [4.69, 9.17) is 0 Å². The summed E-state index contributed by atoms with van der Waals surface area (Å²) in [5, 5.41) is 33.7. The van der Waals surface area contributed by atoms with Crippen LogP contribution >= 0.6 is 0 Å². The highest BCUT2D eigenvalue weighted by Gasteiger charge is 2.09. The van der Waals surface area contributed by atoms with Crippen LogP contribution in [-0.2, 0) is 28.8 Å². The molecule has 14 heteroatoms. The summed E-state index contributed by atoms with van der Waals surface area (Å²) >= 11 is 0. The molecule has 0 bridgehead atoms. The van der Waals surface area contributed by atoms with E-state index >= 15 is 0 Å². The van der Waals surface area contributed by atoms with Crippen LogP contribution in [0.1, 0.15) is 47.5 Å². The van der Waals surface area contributed by atoms with Crippen LogP contribution in [0.4, 0.5) is 0 Å². The highest BCUT2D eigenvalue weighted by molar-refractivity contribution is 5.93. The van der Waals surface area contributed by atoms with Crippen LogP contribution < -0.4 is 31.9 Å². The predicted octanol–water partition coefficient (Wildman–Crippen LogP) is 0.471. The molecule has 0 aromatic heterocycles. The summed E-state index contributed by atoms with van der Waals surface area (Å²) in [5.41, 5.74) is 1.32. The average molecular weight is 665 g/mol. The summed E-state index contributed by atoms with van der Waals surface area (Å²) < 4.78 is 0. The SMILES string of the molecule is C=C(C)C(=O)NCC(O)CNC(=O)C(=C)C.C=C(C)C(=O)NCCC.C=CC(=O)NCC(O)CNC(=O)C=C.C=CC(=O)NCCC. The lowest BCUT2D eigenvalue weighted by molar-refractivity contribution is -0.119. The lowest BCUT2D eigenvalue weighted by Gasteiger charge is -2.12. The quantitative estimate of drug-likeness (QED) is 0.0962. The standard InChI is InChI=1S/C11H18N2O3.C9H14N2O3.C7H13NO.C6H11NO/c1-7(2)10(15)12-5-9(14)6-13-11(16)8(3)4;1-3-8(13)10-5-7(12)6-11-9(14)4-2;1-4-5-8-7(9)6(2)3;1-3-5-7-6(8)4-2/h9,14H,1,3,5-6H2,2,4H3,(H,12,15)(H,13,16);3-4,7,12H,1-2,5-6H2,(H,10,13)(H,11,14);2,4-5H2,1,3H3,(H,8,9);4H,2-3,5H2,1H3,(H,7,8). The Labute approximate surface area is 279 Å². The summed E-state index contributed by atoms with van der Waals surface area (Å²) in [4.78, 5) is 64.5. The summed E-state index contributed by atoms with van der Waals surface area (Å²) in [7, 11) is 0. The number of nitrogens with one attached hydrogen (secondary N) is 6. The molecular weight excluding hydrogens is 608 g/mol. The van der Waals surface area contributed by atoms with E-state index in [2.05, 4.69) is 71.4 Å². The van der Waals surface area contributed by atoms with E-state index in [0.717, 1.165) is 38.1 Å². The molecule has 0 fully saturated rings. The van der Waals surface area contributed by atoms with Crippen LogP contribution in [0.2, 0.25) is 0 Å². The molecule has 0 aromatic rings. The van der Waals surface area contributed by atoms with Gasteiger partial charge >= 0.3 is 0 Å². The van der Waals surface area contributed by atoms with Gasteiger partial charge in [-0.05, 0) is 51.8 Å². The Morgan fingerprint density at radius 3 is 1.04 bits per heavy atom. The molecule has 6 amide bonds. The summed E-state index contributed by atoms with van der Waals surface area (Å²) in [6.45, 7) is 30.8. The van der Waals surface area contributed by atoms with Crippen molar-refractivity contribution in [3.8, 4) is 0 Å². The molecule has 0 spiro atoms. The molecule has 0 saturated carbocycles. The maximum absolute atomic E-state index is 11.1. The van der Waals surface area contributed by atoms with Crippen LogP contribution in [0, 0.1) is 0 Å². The minimum atomic E-state index is -0.827. The first-order valence-electron chi connectivity index (χ1n) is 14.8. The van der Waals surface area contributed by atoms with Crippen molar-refractivity contribution >= 4 is 35.4 Å². The van der Waals surface area contributed by atoms with E-state index < -0.39 is 12.2 Å². The zero-order chi connectivity index (χ0) is 37.4. The van der Waals surface area contributed by atoms with Crippen molar-refractivity contribution in [2.75, 3.05) is 39.3 Å². The number of carbonyl (C=O) groups excluding carboxylic acids is 6. The Bertz CT molecular complexity index is 1020. The van der Waals surface area contributed by atoms with Gasteiger partial charge in [-0.2, -0.15) is 0 Å². The third-order valence-corrected chi connectivity index (χ3v) is 4.82. The topological polar surface area (TPSA) is 215 Å². The number of hydrogen-bond acceptors (Lipinski definition) is 8. The van der Waals surface area contributed by atoms with Gasteiger partial charge in [0.05, 0.1) is 12.2 Å². The molecule has 8 N–H and O–H groups in total. The molecule has 0 atom stereocenters. The van der Waals surface area contributed by atoms with Crippen LogP contribution in [0.15, 0.2) is 74.4 Å². The second kappa shape index (κ2) is 32.6. The van der Waals surface area contributed by atoms with Gasteiger partial charge < -0.3 is 42.1 Å². The fraction of sp³-hybridized carbons (Fsp3) is 0.455. The number of aliphatic hydroxyl groups excluding tert-OH is 2. The van der Waals surface area contributed by atoms with Crippen LogP contribution in [-0.4, -0.2) is 97.1 Å². The van der Waals surface area contributed by atoms with Gasteiger partial charge in [0.2, 0.25) is 35.4 Å². The summed E-state index contributed by atoms with van der Waals surface area (Å²) in [5.74, 6) is -1.49. The predicted molar refractivity (Wildman–Crippen MR) is 186 cm³/mol. The first-order chi connectivity index (χ1) is 21.9. The number of aliphatic hydroxyl groups is 2. The van der Waals surface area contributed by atoms with Crippen molar-refractivity contribution in [2.24, 2.45) is 0 Å². The maximum atomic E-state index is 11.1. The van der Waals surface area contributed by atoms with Gasteiger partial charge in [0.1, 0.15) is 0 Å². The van der Waals surface area contributed by atoms with E-state index in [1.54, 1.807) is 20.8 Å². The highest BCUT2D eigenvalue weighted by Crippen LogP contribution is 1.89. The molecule has 47 heavy (non-hydrogen) atoms. The molecule has 0 heterocycles. The second-order valence-corrected chi connectivity index (χ2v) is 9.72. The number of rotatable bonds is 18. The van der Waals surface area contributed by atoms with Crippen molar-refractivity contribution < 1.29 is 39.0 Å². The van der Waals surface area contributed by atoms with E-state index in [1.165, 1.54) is 6.08 Å². The van der Waals surface area contributed by atoms with E-state index in [0.29, 0.717) is 16.7 Å². The zero-order valence-corrected chi connectivity index (χ0v) is 28.6. The van der Waals surface area contributed by atoms with E-state index in [1.807, 2.05) is 13.8 Å². The van der Waals surface area contributed by atoms with Gasteiger partial charge in [-0.3, -0.25) is 28.8 Å². The zero-order valence-electron chi connectivity index (χ0n) is 28.6. The molecular formula is C33H56N6O8. The molecule has 0 aromatic carbocycles. The Morgan fingerprint density at radius 1 is 0.511 bits per heavy atom. The Morgan fingerprint density at radius 2 is 0.766 bits per heavy atom. The summed E-state index contributed by atoms with van der Waals surface area (Å²) in [6, 6.07) is 0. The van der Waals surface area contributed by atoms with Crippen LogP contribution in [0.25, 0.3) is 0 Å². The molecule has 0 aliphatic heterocycles. The van der Waals surface area contributed by atoms with E-state index in [-0.39, 0.29) is 61.6 Å². The van der Waals surface area contributed by atoms with Crippen molar-refractivity contribution in [1.82, 2.24) is 31.9 Å². The number of amides is 6. The minimum absolute atomic E-state index is 0.0446. The van der Waals surface area contributed by atoms with Crippen molar-refractivity contribution in [3.63, 3.8) is 0 Å². The summed E-state index contributed by atoms with van der Waals surface area (Å²) in [6.07, 6.45) is 3.78. The normalized spacial score (nSPS) is 9.13. The molecule has 0 radical (unpaired) electrons. The first kappa shape index (κ1) is 49.1. The molecule has 14 nitrogen and oxygen atoms in total. The highest BCUT2D eigenvalue weighted by atomic mass is 16.3. The van der Waals surface area contributed by atoms with Crippen molar-refractivity contribution in [3.05, 3.63) is 74.4 Å². The average Bonchev–Trinajstić information content (AvgIpc) is 3.05. The Kier molecular flexibility index (Phi) is 34.0. The fourth-order valence-electron chi connectivity index (χ4n) is 2.16. The first-order valence-corrected chi connectivity index (χ1v) is 14.8. The van der Waals surface area contributed by atoms with E-state index in [9.17, 15) is 39.0 Å². The molecule has 0 aliphatic rings. The van der Waals surface area contributed by atoms with Crippen LogP contribution in [0.5, 0.6) is 0 Å². The third-order valence-electron chi connectivity index (χ3n) is 4.82. The number of carbonyl (C=O) groups is 6. The molecule has 0 unspecified atom stereocenters. The van der Waals surface area contributed by atoms with Gasteiger partial charge in [0, 0.05) is 56.0 Å². The fourth-order valence-corrected chi connectivity index (χ4v) is 2.16. The Balaban J connectivity index is -0.000000273. The van der Waals surface area contributed by atoms with Gasteiger partial charge in [-0.15, -0.1) is 0 Å². The third kappa shape index (κ3) is 37.3. The maximum Gasteiger partial charge on any atom is 0.246 e. The lowest BCUT2D eigenvalue weighted by Crippen LogP contribution is -2.40.